The Balaban J connectivity index is 1.94. The van der Waals surface area contributed by atoms with Crippen molar-refractivity contribution in [3.05, 3.63) is 24.3 Å². The highest BCUT2D eigenvalue weighted by Gasteiger charge is 2.14. The van der Waals surface area contributed by atoms with E-state index in [-0.39, 0.29) is 0 Å². The van der Waals surface area contributed by atoms with Gasteiger partial charge in [0.1, 0.15) is 12.4 Å². The Bertz CT molecular complexity index is 461. The van der Waals surface area contributed by atoms with Crippen LogP contribution in [0.1, 0.15) is 12.8 Å². The molecule has 5 heteroatoms. The lowest BCUT2D eigenvalue weighted by molar-refractivity contribution is 0.277. The number of benzene rings is 1. The summed E-state index contributed by atoms with van der Waals surface area (Å²) in [4.78, 5) is 0.323. The molecule has 1 aromatic carbocycles. The van der Waals surface area contributed by atoms with E-state index in [0.717, 1.165) is 13.0 Å². The van der Waals surface area contributed by atoms with Gasteiger partial charge in [0.15, 0.2) is 9.84 Å². The average Bonchev–Trinajstić information content (AvgIpc) is 2.78. The fourth-order valence-corrected chi connectivity index (χ4v) is 2.51. The average molecular weight is 255 g/mol. The molecule has 0 spiro atoms. The Kier molecular flexibility index (Phi) is 3.69. The second kappa shape index (κ2) is 5.06. The van der Waals surface area contributed by atoms with Crippen molar-refractivity contribution >= 4 is 9.84 Å². The second-order valence-corrected chi connectivity index (χ2v) is 6.36. The fourth-order valence-electron chi connectivity index (χ4n) is 1.88. The monoisotopic (exact) mass is 255 g/mol. The van der Waals surface area contributed by atoms with Crippen molar-refractivity contribution in [3.8, 4) is 5.75 Å². The summed E-state index contributed by atoms with van der Waals surface area (Å²) in [6.45, 7) is 1.69. The first-order valence-electron chi connectivity index (χ1n) is 5.72. The minimum atomic E-state index is -3.12. The minimum Gasteiger partial charge on any atom is -0.492 e. The predicted octanol–water partition coefficient (Wildman–Crippen LogP) is 1.22. The predicted molar refractivity (Wildman–Crippen MR) is 66.1 cm³/mol. The molecule has 0 aromatic heterocycles. The number of rotatable bonds is 4. The van der Waals surface area contributed by atoms with Gasteiger partial charge in [-0.25, -0.2) is 8.42 Å². The first-order valence-corrected chi connectivity index (χ1v) is 7.61. The highest BCUT2D eigenvalue weighted by atomic mass is 32.2. The molecule has 0 saturated carbocycles. The van der Waals surface area contributed by atoms with Crippen molar-refractivity contribution in [1.29, 1.82) is 0 Å². The van der Waals surface area contributed by atoms with Gasteiger partial charge in [-0.1, -0.05) is 0 Å². The topological polar surface area (TPSA) is 55.4 Å². The number of nitrogens with one attached hydrogen (secondary N) is 1. The standard InChI is InChI=1S/C12H17NO3S/c1-17(14,15)12-6-4-11(5-7-12)16-9-10-3-2-8-13-10/h4-7,10,13H,2-3,8-9H2,1H3/t10-/m0/s1. The highest BCUT2D eigenvalue weighted by Crippen LogP contribution is 2.16. The number of sulfone groups is 1. The summed E-state index contributed by atoms with van der Waals surface area (Å²) in [6, 6.07) is 6.97. The quantitative estimate of drug-likeness (QED) is 0.879. The fraction of sp³-hybridized carbons (Fsp3) is 0.500. The van der Waals surface area contributed by atoms with Crippen LogP contribution in [0.15, 0.2) is 29.2 Å². The molecule has 17 heavy (non-hydrogen) atoms. The normalized spacial score (nSPS) is 20.4. The second-order valence-electron chi connectivity index (χ2n) is 4.35. The van der Waals surface area contributed by atoms with E-state index in [0.29, 0.717) is 23.3 Å². The summed E-state index contributed by atoms with van der Waals surface area (Å²) in [5, 5.41) is 3.34. The summed E-state index contributed by atoms with van der Waals surface area (Å²) in [7, 11) is -3.12. The Morgan fingerprint density at radius 2 is 2.06 bits per heavy atom. The molecule has 0 radical (unpaired) electrons. The van der Waals surface area contributed by atoms with E-state index < -0.39 is 9.84 Å². The van der Waals surface area contributed by atoms with Crippen molar-refractivity contribution in [3.63, 3.8) is 0 Å². The summed E-state index contributed by atoms with van der Waals surface area (Å²) < 4.78 is 28.1. The van der Waals surface area contributed by atoms with E-state index >= 15 is 0 Å². The van der Waals surface area contributed by atoms with Gasteiger partial charge in [-0.15, -0.1) is 0 Å². The van der Waals surface area contributed by atoms with E-state index in [4.69, 9.17) is 4.74 Å². The molecule has 0 amide bonds. The molecule has 0 aliphatic carbocycles. The lowest BCUT2D eigenvalue weighted by atomic mass is 10.2. The zero-order valence-electron chi connectivity index (χ0n) is 9.85. The Morgan fingerprint density at radius 1 is 1.35 bits per heavy atom. The van der Waals surface area contributed by atoms with E-state index in [2.05, 4.69) is 5.32 Å². The van der Waals surface area contributed by atoms with Crippen molar-refractivity contribution in [2.45, 2.75) is 23.8 Å². The molecule has 1 atom stereocenters. The van der Waals surface area contributed by atoms with Gasteiger partial charge in [0, 0.05) is 12.3 Å². The van der Waals surface area contributed by atoms with E-state index in [9.17, 15) is 8.42 Å². The van der Waals surface area contributed by atoms with Gasteiger partial charge >= 0.3 is 0 Å². The lowest BCUT2D eigenvalue weighted by Crippen LogP contribution is -2.28. The van der Waals surface area contributed by atoms with Crippen LogP contribution >= 0.6 is 0 Å². The molecule has 1 aliphatic rings. The van der Waals surface area contributed by atoms with Crippen LogP contribution in [0.4, 0.5) is 0 Å². The Labute approximate surface area is 102 Å². The van der Waals surface area contributed by atoms with E-state index in [1.54, 1.807) is 24.3 Å². The number of ether oxygens (including phenoxy) is 1. The van der Waals surface area contributed by atoms with Crippen LogP contribution in [0.2, 0.25) is 0 Å². The molecule has 1 saturated heterocycles. The van der Waals surface area contributed by atoms with Crippen LogP contribution in [0.5, 0.6) is 5.75 Å². The van der Waals surface area contributed by atoms with E-state index in [1.165, 1.54) is 12.7 Å². The maximum Gasteiger partial charge on any atom is 0.175 e. The smallest absolute Gasteiger partial charge is 0.175 e. The van der Waals surface area contributed by atoms with Crippen LogP contribution < -0.4 is 10.1 Å². The van der Waals surface area contributed by atoms with Crippen LogP contribution in [-0.2, 0) is 9.84 Å². The SMILES string of the molecule is CS(=O)(=O)c1ccc(OC[C@@H]2CCCN2)cc1. The first-order chi connectivity index (χ1) is 8.05. The van der Waals surface area contributed by atoms with Crippen molar-refractivity contribution in [2.24, 2.45) is 0 Å². The van der Waals surface area contributed by atoms with Gasteiger partial charge in [0.2, 0.25) is 0 Å². The van der Waals surface area contributed by atoms with E-state index in [1.807, 2.05) is 0 Å². The zero-order valence-corrected chi connectivity index (χ0v) is 10.7. The maximum absolute atomic E-state index is 11.3. The lowest BCUT2D eigenvalue weighted by Gasteiger charge is -2.12. The van der Waals surface area contributed by atoms with Gasteiger partial charge in [0.25, 0.3) is 0 Å². The van der Waals surface area contributed by atoms with Crippen molar-refractivity contribution in [1.82, 2.24) is 5.32 Å². The first kappa shape index (κ1) is 12.4. The molecule has 4 nitrogen and oxygen atoms in total. The molecule has 2 rings (SSSR count). The van der Waals surface area contributed by atoms with Crippen LogP contribution in [-0.4, -0.2) is 33.9 Å². The molecule has 1 N–H and O–H groups in total. The third kappa shape index (κ3) is 3.44. The zero-order chi connectivity index (χ0) is 12.3. The van der Waals surface area contributed by atoms with Crippen LogP contribution in [0.25, 0.3) is 0 Å². The molecule has 1 aromatic rings. The summed E-state index contributed by atoms with van der Waals surface area (Å²) in [5.41, 5.74) is 0. The largest absolute Gasteiger partial charge is 0.492 e. The number of hydrogen-bond acceptors (Lipinski definition) is 4. The highest BCUT2D eigenvalue weighted by molar-refractivity contribution is 7.90. The third-order valence-electron chi connectivity index (χ3n) is 2.87. The summed E-state index contributed by atoms with van der Waals surface area (Å²) in [6.07, 6.45) is 3.54. The molecule has 0 bridgehead atoms. The van der Waals surface area contributed by atoms with Crippen molar-refractivity contribution < 1.29 is 13.2 Å². The van der Waals surface area contributed by atoms with Crippen LogP contribution in [0.3, 0.4) is 0 Å². The van der Waals surface area contributed by atoms with Gasteiger partial charge in [-0.2, -0.15) is 0 Å². The van der Waals surface area contributed by atoms with Gasteiger partial charge in [-0.3, -0.25) is 0 Å². The third-order valence-corrected chi connectivity index (χ3v) is 3.99. The molecule has 1 fully saturated rings. The minimum absolute atomic E-state index is 0.323. The molecule has 1 heterocycles. The molecule has 94 valence electrons. The Morgan fingerprint density at radius 3 is 2.59 bits per heavy atom. The molecule has 1 aliphatic heterocycles. The van der Waals surface area contributed by atoms with Gasteiger partial charge in [-0.05, 0) is 43.7 Å². The molecule has 0 unspecified atom stereocenters. The number of hydrogen-bond donors (Lipinski definition) is 1. The van der Waals surface area contributed by atoms with Crippen LogP contribution in [0, 0.1) is 0 Å². The summed E-state index contributed by atoms with van der Waals surface area (Å²) >= 11 is 0. The Hall–Kier alpha value is -1.07. The van der Waals surface area contributed by atoms with Gasteiger partial charge in [0.05, 0.1) is 4.90 Å². The molecular formula is C12H17NO3S. The summed E-state index contributed by atoms with van der Waals surface area (Å²) in [5.74, 6) is 0.714. The molecular weight excluding hydrogens is 238 g/mol. The van der Waals surface area contributed by atoms with Crippen molar-refractivity contribution in [2.75, 3.05) is 19.4 Å². The maximum atomic E-state index is 11.3. The van der Waals surface area contributed by atoms with Gasteiger partial charge < -0.3 is 10.1 Å².